The number of rotatable bonds is 6. The van der Waals surface area contributed by atoms with Gasteiger partial charge < -0.3 is 19.5 Å². The fourth-order valence-electron chi connectivity index (χ4n) is 2.47. The van der Waals surface area contributed by atoms with Gasteiger partial charge in [-0.15, -0.1) is 0 Å². The van der Waals surface area contributed by atoms with Gasteiger partial charge >= 0.3 is 0 Å². The number of morpholine rings is 1. The molecule has 1 N–H and O–H groups in total. The SMILES string of the molecule is COc1ccc(C(=O)NCC(C)N2CCOCC2)cc1OC. The highest BCUT2D eigenvalue weighted by molar-refractivity contribution is 5.94. The summed E-state index contributed by atoms with van der Waals surface area (Å²) >= 11 is 0. The van der Waals surface area contributed by atoms with Gasteiger partial charge in [0.2, 0.25) is 0 Å². The van der Waals surface area contributed by atoms with Crippen LogP contribution in [0.2, 0.25) is 0 Å². The van der Waals surface area contributed by atoms with Gasteiger partial charge in [-0.1, -0.05) is 0 Å². The molecule has 1 unspecified atom stereocenters. The summed E-state index contributed by atoms with van der Waals surface area (Å²) in [4.78, 5) is 14.6. The Hall–Kier alpha value is -1.79. The van der Waals surface area contributed by atoms with E-state index in [-0.39, 0.29) is 11.9 Å². The summed E-state index contributed by atoms with van der Waals surface area (Å²) in [6.07, 6.45) is 0. The summed E-state index contributed by atoms with van der Waals surface area (Å²) in [5, 5.41) is 2.97. The van der Waals surface area contributed by atoms with Crippen LogP contribution in [0.25, 0.3) is 0 Å². The van der Waals surface area contributed by atoms with Gasteiger partial charge in [0.1, 0.15) is 0 Å². The second-order valence-corrected chi connectivity index (χ2v) is 5.28. The van der Waals surface area contributed by atoms with Crippen LogP contribution in [0.15, 0.2) is 18.2 Å². The van der Waals surface area contributed by atoms with Crippen LogP contribution in [0.1, 0.15) is 17.3 Å². The fraction of sp³-hybridized carbons (Fsp3) is 0.562. The molecule has 1 atom stereocenters. The number of carbonyl (C=O) groups excluding carboxylic acids is 1. The lowest BCUT2D eigenvalue weighted by atomic mass is 10.1. The van der Waals surface area contributed by atoms with Crippen LogP contribution in [-0.2, 0) is 4.74 Å². The number of ether oxygens (including phenoxy) is 3. The van der Waals surface area contributed by atoms with Crippen molar-refractivity contribution in [1.29, 1.82) is 0 Å². The minimum absolute atomic E-state index is 0.110. The Balaban J connectivity index is 1.91. The van der Waals surface area contributed by atoms with Crippen LogP contribution in [0.4, 0.5) is 0 Å². The van der Waals surface area contributed by atoms with E-state index in [1.54, 1.807) is 32.4 Å². The number of amides is 1. The molecule has 0 aromatic heterocycles. The lowest BCUT2D eigenvalue weighted by Crippen LogP contribution is -2.47. The lowest BCUT2D eigenvalue weighted by Gasteiger charge is -2.32. The van der Waals surface area contributed by atoms with Crippen LogP contribution >= 0.6 is 0 Å². The van der Waals surface area contributed by atoms with E-state index in [1.807, 2.05) is 0 Å². The van der Waals surface area contributed by atoms with E-state index in [1.165, 1.54) is 0 Å². The highest BCUT2D eigenvalue weighted by Crippen LogP contribution is 2.27. The van der Waals surface area contributed by atoms with Crippen molar-refractivity contribution in [2.24, 2.45) is 0 Å². The van der Waals surface area contributed by atoms with Crippen molar-refractivity contribution >= 4 is 5.91 Å². The molecule has 6 nitrogen and oxygen atoms in total. The Bertz CT molecular complexity index is 501. The topological polar surface area (TPSA) is 60.0 Å². The lowest BCUT2D eigenvalue weighted by molar-refractivity contribution is 0.0204. The molecule has 1 aliphatic heterocycles. The molecule has 1 saturated heterocycles. The van der Waals surface area contributed by atoms with Gasteiger partial charge in [0.05, 0.1) is 27.4 Å². The molecule has 6 heteroatoms. The Morgan fingerprint density at radius 2 is 1.95 bits per heavy atom. The number of nitrogens with one attached hydrogen (secondary N) is 1. The van der Waals surface area contributed by atoms with Crippen LogP contribution in [0.3, 0.4) is 0 Å². The summed E-state index contributed by atoms with van der Waals surface area (Å²) in [5.74, 6) is 1.05. The van der Waals surface area contributed by atoms with Crippen molar-refractivity contribution in [3.8, 4) is 11.5 Å². The molecule has 0 radical (unpaired) electrons. The molecule has 1 aliphatic rings. The molecule has 1 heterocycles. The highest BCUT2D eigenvalue weighted by atomic mass is 16.5. The predicted octanol–water partition coefficient (Wildman–Crippen LogP) is 1.15. The molecule has 122 valence electrons. The third-order valence-electron chi connectivity index (χ3n) is 3.87. The molecule has 0 spiro atoms. The molecule has 22 heavy (non-hydrogen) atoms. The Labute approximate surface area is 131 Å². The third-order valence-corrected chi connectivity index (χ3v) is 3.87. The molecule has 1 amide bonds. The summed E-state index contributed by atoms with van der Waals surface area (Å²) in [6, 6.07) is 5.44. The Morgan fingerprint density at radius 1 is 1.27 bits per heavy atom. The second kappa shape index (κ2) is 8.00. The molecule has 2 rings (SSSR count). The Kier molecular flexibility index (Phi) is 6.03. The van der Waals surface area contributed by atoms with Crippen LogP contribution in [0.5, 0.6) is 11.5 Å². The minimum Gasteiger partial charge on any atom is -0.493 e. The smallest absolute Gasteiger partial charge is 0.251 e. The average molecular weight is 308 g/mol. The van der Waals surface area contributed by atoms with E-state index >= 15 is 0 Å². The quantitative estimate of drug-likeness (QED) is 0.854. The van der Waals surface area contributed by atoms with Gasteiger partial charge in [0.15, 0.2) is 11.5 Å². The first-order valence-corrected chi connectivity index (χ1v) is 7.47. The monoisotopic (exact) mass is 308 g/mol. The molecule has 0 bridgehead atoms. The van der Waals surface area contributed by atoms with Gasteiger partial charge in [0.25, 0.3) is 5.91 Å². The normalized spacial score (nSPS) is 16.9. The maximum Gasteiger partial charge on any atom is 0.251 e. The number of hydrogen-bond donors (Lipinski definition) is 1. The van der Waals surface area contributed by atoms with Crippen LogP contribution in [0, 0.1) is 0 Å². The molecule has 1 fully saturated rings. The van der Waals surface area contributed by atoms with Crippen molar-refractivity contribution in [3.63, 3.8) is 0 Å². The third kappa shape index (κ3) is 4.11. The first kappa shape index (κ1) is 16.6. The molecule has 0 saturated carbocycles. The van der Waals surface area contributed by atoms with Crippen LogP contribution < -0.4 is 14.8 Å². The van der Waals surface area contributed by atoms with E-state index in [0.29, 0.717) is 23.6 Å². The number of methoxy groups -OCH3 is 2. The summed E-state index contributed by atoms with van der Waals surface area (Å²) in [5.41, 5.74) is 0.562. The van der Waals surface area contributed by atoms with Gasteiger partial charge in [-0.25, -0.2) is 0 Å². The molecule has 1 aromatic rings. The largest absolute Gasteiger partial charge is 0.493 e. The van der Waals surface area contributed by atoms with E-state index in [9.17, 15) is 4.79 Å². The van der Waals surface area contributed by atoms with E-state index < -0.39 is 0 Å². The zero-order valence-corrected chi connectivity index (χ0v) is 13.4. The molecular formula is C16H24N2O4. The maximum absolute atomic E-state index is 12.2. The first-order chi connectivity index (χ1) is 10.7. The van der Waals surface area contributed by atoms with Crippen molar-refractivity contribution < 1.29 is 19.0 Å². The Morgan fingerprint density at radius 3 is 2.59 bits per heavy atom. The van der Waals surface area contributed by atoms with Gasteiger partial charge in [-0.05, 0) is 25.1 Å². The average Bonchev–Trinajstić information content (AvgIpc) is 2.59. The van der Waals surface area contributed by atoms with E-state index in [4.69, 9.17) is 14.2 Å². The van der Waals surface area contributed by atoms with Gasteiger partial charge in [-0.2, -0.15) is 0 Å². The fourth-order valence-corrected chi connectivity index (χ4v) is 2.47. The summed E-state index contributed by atoms with van der Waals surface area (Å²) < 4.78 is 15.7. The first-order valence-electron chi connectivity index (χ1n) is 7.47. The van der Waals surface area contributed by atoms with E-state index in [2.05, 4.69) is 17.1 Å². The van der Waals surface area contributed by atoms with E-state index in [0.717, 1.165) is 26.3 Å². The number of benzene rings is 1. The molecule has 1 aromatic carbocycles. The molecule has 0 aliphatic carbocycles. The second-order valence-electron chi connectivity index (χ2n) is 5.28. The van der Waals surface area contributed by atoms with Gasteiger partial charge in [-0.3, -0.25) is 9.69 Å². The highest BCUT2D eigenvalue weighted by Gasteiger charge is 2.18. The zero-order chi connectivity index (χ0) is 15.9. The number of carbonyl (C=O) groups is 1. The summed E-state index contributed by atoms with van der Waals surface area (Å²) in [7, 11) is 3.13. The van der Waals surface area contributed by atoms with Crippen molar-refractivity contribution in [1.82, 2.24) is 10.2 Å². The minimum atomic E-state index is -0.110. The van der Waals surface area contributed by atoms with Crippen molar-refractivity contribution in [2.75, 3.05) is 47.1 Å². The zero-order valence-electron chi connectivity index (χ0n) is 13.4. The maximum atomic E-state index is 12.2. The number of hydrogen-bond acceptors (Lipinski definition) is 5. The standard InChI is InChI=1S/C16H24N2O4/c1-12(18-6-8-22-9-7-18)11-17-16(19)13-4-5-14(20-2)15(10-13)21-3/h4-5,10,12H,6-9,11H2,1-3H3,(H,17,19). The number of nitrogens with zero attached hydrogens (tertiary/aromatic N) is 1. The van der Waals surface area contributed by atoms with Crippen LogP contribution in [-0.4, -0.2) is 63.9 Å². The van der Waals surface area contributed by atoms with Gasteiger partial charge in [0, 0.05) is 31.2 Å². The van der Waals surface area contributed by atoms with Crippen molar-refractivity contribution in [2.45, 2.75) is 13.0 Å². The predicted molar refractivity (Wildman–Crippen MR) is 83.7 cm³/mol. The molecular weight excluding hydrogens is 284 g/mol. The summed E-state index contributed by atoms with van der Waals surface area (Å²) in [6.45, 7) is 6.05. The van der Waals surface area contributed by atoms with Crippen molar-refractivity contribution in [3.05, 3.63) is 23.8 Å².